The quantitative estimate of drug-likeness (QED) is 0.576. The van der Waals surface area contributed by atoms with Crippen LogP contribution in [0.1, 0.15) is 23.8 Å². The van der Waals surface area contributed by atoms with E-state index >= 15 is 0 Å². The zero-order valence-corrected chi connectivity index (χ0v) is 18.2. The van der Waals surface area contributed by atoms with Crippen molar-refractivity contribution in [3.05, 3.63) is 58.6 Å². The summed E-state index contributed by atoms with van der Waals surface area (Å²) in [7, 11) is -1.90. The third-order valence-electron chi connectivity index (χ3n) is 5.02. The van der Waals surface area contributed by atoms with Crippen LogP contribution in [-0.4, -0.2) is 43.1 Å². The number of benzene rings is 2. The molecule has 0 aliphatic carbocycles. The van der Waals surface area contributed by atoms with E-state index in [2.05, 4.69) is 10.2 Å². The van der Waals surface area contributed by atoms with Gasteiger partial charge in [0.1, 0.15) is 10.8 Å². The number of sulfonamides is 1. The molecule has 6 nitrogen and oxygen atoms in total. The molecule has 2 heterocycles. The molecule has 4 rings (SSSR count). The fraction of sp³-hybridized carbons (Fsp3) is 0.300. The highest BCUT2D eigenvalue weighted by molar-refractivity contribution is 7.89. The van der Waals surface area contributed by atoms with Crippen LogP contribution in [0, 0.1) is 0 Å². The molecule has 1 aliphatic rings. The SMILES string of the molecule is COc1ccccc1-c1nnc(C2CCN(S(=O)(=O)c3cccc(Cl)c3)CC2)s1. The van der Waals surface area contributed by atoms with Gasteiger partial charge in [0.2, 0.25) is 10.0 Å². The Kier molecular flexibility index (Phi) is 5.87. The van der Waals surface area contributed by atoms with E-state index in [9.17, 15) is 8.42 Å². The predicted molar refractivity (Wildman–Crippen MR) is 114 cm³/mol. The summed E-state index contributed by atoms with van der Waals surface area (Å²) in [4.78, 5) is 0.234. The molecule has 1 aliphatic heterocycles. The number of aromatic nitrogens is 2. The third kappa shape index (κ3) is 4.16. The van der Waals surface area contributed by atoms with Crippen LogP contribution in [0.3, 0.4) is 0 Å². The largest absolute Gasteiger partial charge is 0.496 e. The van der Waals surface area contributed by atoms with Crippen LogP contribution < -0.4 is 4.74 Å². The van der Waals surface area contributed by atoms with Crippen LogP contribution in [0.5, 0.6) is 5.75 Å². The molecule has 3 aromatic rings. The van der Waals surface area contributed by atoms with Crippen molar-refractivity contribution in [2.75, 3.05) is 20.2 Å². The Hall–Kier alpha value is -2.00. The lowest BCUT2D eigenvalue weighted by atomic mass is 9.99. The monoisotopic (exact) mass is 449 g/mol. The lowest BCUT2D eigenvalue weighted by Gasteiger charge is -2.30. The maximum absolute atomic E-state index is 12.9. The number of halogens is 1. The van der Waals surface area contributed by atoms with Gasteiger partial charge in [-0.25, -0.2) is 8.42 Å². The number of hydrogen-bond acceptors (Lipinski definition) is 6. The molecule has 0 spiro atoms. The molecule has 152 valence electrons. The van der Waals surface area contributed by atoms with E-state index in [1.807, 2.05) is 24.3 Å². The van der Waals surface area contributed by atoms with Gasteiger partial charge in [0.05, 0.1) is 17.6 Å². The highest BCUT2D eigenvalue weighted by Gasteiger charge is 2.31. The minimum Gasteiger partial charge on any atom is -0.496 e. The van der Waals surface area contributed by atoms with Gasteiger partial charge in [-0.15, -0.1) is 10.2 Å². The van der Waals surface area contributed by atoms with E-state index in [0.717, 1.165) is 21.3 Å². The molecule has 0 N–H and O–H groups in total. The number of piperidine rings is 1. The van der Waals surface area contributed by atoms with Crippen LogP contribution in [0.2, 0.25) is 5.02 Å². The summed E-state index contributed by atoms with van der Waals surface area (Å²) >= 11 is 7.50. The lowest BCUT2D eigenvalue weighted by Crippen LogP contribution is -2.37. The topological polar surface area (TPSA) is 72.4 Å². The Morgan fingerprint density at radius 2 is 1.86 bits per heavy atom. The van der Waals surface area contributed by atoms with Gasteiger partial charge in [-0.05, 0) is 43.2 Å². The van der Waals surface area contributed by atoms with Crippen molar-refractivity contribution in [2.24, 2.45) is 0 Å². The fourth-order valence-electron chi connectivity index (χ4n) is 3.45. The highest BCUT2D eigenvalue weighted by atomic mass is 35.5. The Morgan fingerprint density at radius 1 is 1.10 bits per heavy atom. The van der Waals surface area contributed by atoms with Crippen molar-refractivity contribution in [3.8, 4) is 16.3 Å². The molecule has 0 unspecified atom stereocenters. The van der Waals surface area contributed by atoms with Crippen molar-refractivity contribution < 1.29 is 13.2 Å². The number of para-hydroxylation sites is 1. The van der Waals surface area contributed by atoms with Crippen LogP contribution in [0.25, 0.3) is 10.6 Å². The first-order valence-corrected chi connectivity index (χ1v) is 11.8. The average Bonchev–Trinajstić information content (AvgIpc) is 3.24. The van der Waals surface area contributed by atoms with Crippen molar-refractivity contribution in [2.45, 2.75) is 23.7 Å². The zero-order valence-electron chi connectivity index (χ0n) is 15.8. The number of rotatable bonds is 5. The van der Waals surface area contributed by atoms with Gasteiger partial charge >= 0.3 is 0 Å². The summed E-state index contributed by atoms with van der Waals surface area (Å²) in [5.41, 5.74) is 0.916. The maximum Gasteiger partial charge on any atom is 0.243 e. The van der Waals surface area contributed by atoms with Gasteiger partial charge in [0.15, 0.2) is 5.01 Å². The normalized spacial score (nSPS) is 16.1. The summed E-state index contributed by atoms with van der Waals surface area (Å²) in [6, 6.07) is 14.1. The van der Waals surface area contributed by atoms with Crippen molar-refractivity contribution in [3.63, 3.8) is 0 Å². The van der Waals surface area contributed by atoms with E-state index in [4.69, 9.17) is 16.3 Å². The molecule has 1 saturated heterocycles. The van der Waals surface area contributed by atoms with Crippen molar-refractivity contribution in [1.82, 2.24) is 14.5 Å². The van der Waals surface area contributed by atoms with Crippen molar-refractivity contribution >= 4 is 33.0 Å². The fourth-order valence-corrected chi connectivity index (χ4v) is 6.26. The Labute approximate surface area is 179 Å². The van der Waals surface area contributed by atoms with Crippen molar-refractivity contribution in [1.29, 1.82) is 0 Å². The summed E-state index contributed by atoms with van der Waals surface area (Å²) in [6.45, 7) is 0.895. The van der Waals surface area contributed by atoms with Gasteiger partial charge in [-0.1, -0.05) is 41.1 Å². The standard InChI is InChI=1S/C20H20ClN3O3S2/c1-27-18-8-3-2-7-17(18)20-23-22-19(28-20)14-9-11-24(12-10-14)29(25,26)16-6-4-5-15(21)13-16/h2-8,13-14H,9-12H2,1H3. The molecule has 0 amide bonds. The Balaban J connectivity index is 1.47. The smallest absolute Gasteiger partial charge is 0.243 e. The molecule has 1 aromatic heterocycles. The molecule has 1 fully saturated rings. The molecule has 0 atom stereocenters. The lowest BCUT2D eigenvalue weighted by molar-refractivity contribution is 0.318. The van der Waals surface area contributed by atoms with E-state index in [0.29, 0.717) is 31.0 Å². The third-order valence-corrected chi connectivity index (χ3v) is 8.26. The first-order valence-electron chi connectivity index (χ1n) is 9.21. The second-order valence-corrected chi connectivity index (χ2v) is 10.2. The Morgan fingerprint density at radius 3 is 2.59 bits per heavy atom. The molecule has 2 aromatic carbocycles. The molecule has 9 heteroatoms. The van der Waals surface area contributed by atoms with Gasteiger partial charge in [0.25, 0.3) is 0 Å². The maximum atomic E-state index is 12.9. The van der Waals surface area contributed by atoms with Crippen LogP contribution in [0.4, 0.5) is 0 Å². The number of nitrogens with zero attached hydrogens (tertiary/aromatic N) is 3. The first kappa shape index (κ1) is 20.3. The zero-order chi connectivity index (χ0) is 20.4. The van der Waals surface area contributed by atoms with Crippen LogP contribution in [-0.2, 0) is 10.0 Å². The summed E-state index contributed by atoms with van der Waals surface area (Å²) in [5, 5.41) is 10.9. The summed E-state index contributed by atoms with van der Waals surface area (Å²) in [5.74, 6) is 0.958. The highest BCUT2D eigenvalue weighted by Crippen LogP contribution is 2.37. The predicted octanol–water partition coefficient (Wildman–Crippen LogP) is 4.44. The number of methoxy groups -OCH3 is 1. The van der Waals surface area contributed by atoms with Crippen LogP contribution in [0.15, 0.2) is 53.4 Å². The minimum absolute atomic E-state index is 0.196. The summed E-state index contributed by atoms with van der Waals surface area (Å²) < 4.78 is 32.7. The second kappa shape index (κ2) is 8.39. The van der Waals surface area contributed by atoms with Crippen LogP contribution >= 0.6 is 22.9 Å². The molecule has 0 bridgehead atoms. The van der Waals surface area contributed by atoms with Gasteiger partial charge in [-0.2, -0.15) is 4.31 Å². The molecular formula is C20H20ClN3O3S2. The van der Waals surface area contributed by atoms with E-state index in [1.54, 1.807) is 36.6 Å². The van der Waals surface area contributed by atoms with E-state index < -0.39 is 10.0 Å². The summed E-state index contributed by atoms with van der Waals surface area (Å²) in [6.07, 6.45) is 1.42. The number of ether oxygens (including phenoxy) is 1. The number of hydrogen-bond donors (Lipinski definition) is 0. The first-order chi connectivity index (χ1) is 14.0. The van der Waals surface area contributed by atoms with Gasteiger partial charge in [0, 0.05) is 24.0 Å². The van der Waals surface area contributed by atoms with E-state index in [-0.39, 0.29) is 10.8 Å². The van der Waals surface area contributed by atoms with Gasteiger partial charge in [-0.3, -0.25) is 0 Å². The molecular weight excluding hydrogens is 430 g/mol. The minimum atomic E-state index is -3.54. The molecule has 29 heavy (non-hydrogen) atoms. The second-order valence-electron chi connectivity index (χ2n) is 6.78. The Bertz CT molecular complexity index is 1110. The molecule has 0 radical (unpaired) electrons. The average molecular weight is 450 g/mol. The molecule has 0 saturated carbocycles. The van der Waals surface area contributed by atoms with Gasteiger partial charge < -0.3 is 4.74 Å². The van der Waals surface area contributed by atoms with E-state index in [1.165, 1.54) is 10.4 Å².